The van der Waals surface area contributed by atoms with Gasteiger partial charge in [-0.25, -0.2) is 4.98 Å². The van der Waals surface area contributed by atoms with Gasteiger partial charge in [-0.05, 0) is 44.4 Å². The largest absolute Gasteiger partial charge is 0.308 e. The highest BCUT2D eigenvalue weighted by molar-refractivity contribution is 7.09. The number of aromatic nitrogens is 1. The second kappa shape index (κ2) is 5.96. The monoisotopic (exact) mass is 252 g/mol. The lowest BCUT2D eigenvalue weighted by atomic mass is 9.80. The van der Waals surface area contributed by atoms with Crippen LogP contribution in [0.15, 0.2) is 5.38 Å². The van der Waals surface area contributed by atoms with E-state index in [0.717, 1.165) is 18.4 Å². The van der Waals surface area contributed by atoms with Crippen molar-refractivity contribution in [3.05, 3.63) is 16.1 Å². The minimum Gasteiger partial charge on any atom is -0.308 e. The summed E-state index contributed by atoms with van der Waals surface area (Å²) in [6, 6.07) is 0.715. The van der Waals surface area contributed by atoms with Gasteiger partial charge in [0.05, 0.1) is 10.7 Å². The van der Waals surface area contributed by atoms with Crippen molar-refractivity contribution in [2.45, 2.75) is 59.0 Å². The van der Waals surface area contributed by atoms with E-state index in [2.05, 4.69) is 36.5 Å². The zero-order valence-electron chi connectivity index (χ0n) is 11.2. The normalized spacial score (nSPS) is 25.4. The topological polar surface area (TPSA) is 24.9 Å². The van der Waals surface area contributed by atoms with Crippen molar-refractivity contribution in [3.8, 4) is 0 Å². The van der Waals surface area contributed by atoms with Gasteiger partial charge in [-0.1, -0.05) is 13.8 Å². The Kier molecular flexibility index (Phi) is 4.57. The van der Waals surface area contributed by atoms with Crippen LogP contribution in [0.1, 0.15) is 50.2 Å². The highest BCUT2D eigenvalue weighted by Crippen LogP contribution is 2.29. The SMILES string of the molecule is Cc1nc(CNC2CCC(C(C)C)CC2)cs1. The van der Waals surface area contributed by atoms with Crippen LogP contribution in [0, 0.1) is 18.8 Å². The molecule has 1 aromatic rings. The summed E-state index contributed by atoms with van der Waals surface area (Å²) in [5.74, 6) is 1.81. The Labute approximate surface area is 109 Å². The van der Waals surface area contributed by atoms with Crippen LogP contribution in [-0.4, -0.2) is 11.0 Å². The van der Waals surface area contributed by atoms with E-state index in [1.54, 1.807) is 11.3 Å². The summed E-state index contributed by atoms with van der Waals surface area (Å²) in [6.45, 7) is 7.73. The summed E-state index contributed by atoms with van der Waals surface area (Å²) in [4.78, 5) is 4.49. The van der Waals surface area contributed by atoms with Crippen molar-refractivity contribution in [2.24, 2.45) is 11.8 Å². The van der Waals surface area contributed by atoms with Crippen LogP contribution < -0.4 is 5.32 Å². The van der Waals surface area contributed by atoms with Crippen LogP contribution in [0.4, 0.5) is 0 Å². The predicted molar refractivity (Wildman–Crippen MR) is 74.3 cm³/mol. The van der Waals surface area contributed by atoms with Gasteiger partial charge >= 0.3 is 0 Å². The van der Waals surface area contributed by atoms with E-state index in [9.17, 15) is 0 Å². The molecule has 0 aromatic carbocycles. The third-order valence-electron chi connectivity index (χ3n) is 3.95. The highest BCUT2D eigenvalue weighted by atomic mass is 32.1. The first-order valence-electron chi connectivity index (χ1n) is 6.79. The molecule has 0 bridgehead atoms. The number of hydrogen-bond acceptors (Lipinski definition) is 3. The van der Waals surface area contributed by atoms with E-state index in [-0.39, 0.29) is 0 Å². The predicted octanol–water partition coefficient (Wildman–Crippen LogP) is 3.76. The molecule has 0 radical (unpaired) electrons. The molecule has 0 atom stereocenters. The molecule has 1 heterocycles. The maximum Gasteiger partial charge on any atom is 0.0897 e. The number of nitrogens with zero attached hydrogens (tertiary/aromatic N) is 1. The quantitative estimate of drug-likeness (QED) is 0.882. The zero-order valence-corrected chi connectivity index (χ0v) is 12.0. The van der Waals surface area contributed by atoms with Crippen molar-refractivity contribution < 1.29 is 0 Å². The molecule has 0 amide bonds. The summed E-state index contributed by atoms with van der Waals surface area (Å²) in [7, 11) is 0. The molecule has 1 aromatic heterocycles. The summed E-state index contributed by atoms with van der Waals surface area (Å²) >= 11 is 1.74. The van der Waals surface area contributed by atoms with Crippen LogP contribution in [0.25, 0.3) is 0 Å². The fraction of sp³-hybridized carbons (Fsp3) is 0.786. The van der Waals surface area contributed by atoms with Gasteiger partial charge in [0.25, 0.3) is 0 Å². The molecule has 0 unspecified atom stereocenters. The average molecular weight is 252 g/mol. The fourth-order valence-corrected chi connectivity index (χ4v) is 3.34. The Morgan fingerprint density at radius 1 is 1.35 bits per heavy atom. The lowest BCUT2D eigenvalue weighted by molar-refractivity contribution is 0.238. The Hall–Kier alpha value is -0.410. The van der Waals surface area contributed by atoms with Crippen molar-refractivity contribution in [3.63, 3.8) is 0 Å². The zero-order chi connectivity index (χ0) is 12.3. The Bertz CT molecular complexity index is 338. The van der Waals surface area contributed by atoms with Crippen LogP contribution in [0.2, 0.25) is 0 Å². The minimum absolute atomic E-state index is 0.715. The van der Waals surface area contributed by atoms with Crippen molar-refractivity contribution in [1.29, 1.82) is 0 Å². The van der Waals surface area contributed by atoms with Gasteiger partial charge in [0.15, 0.2) is 0 Å². The lowest BCUT2D eigenvalue weighted by Gasteiger charge is -2.31. The molecule has 0 saturated heterocycles. The Balaban J connectivity index is 1.71. The molecule has 2 nitrogen and oxygen atoms in total. The maximum absolute atomic E-state index is 4.49. The molecule has 1 aliphatic rings. The molecule has 1 aliphatic carbocycles. The molecule has 2 rings (SSSR count). The average Bonchev–Trinajstić information content (AvgIpc) is 2.73. The van der Waals surface area contributed by atoms with Gasteiger partial charge in [0.2, 0.25) is 0 Å². The number of thiazole rings is 1. The standard InChI is InChI=1S/C14H24N2S/c1-10(2)12-4-6-13(7-5-12)15-8-14-9-17-11(3)16-14/h9-10,12-13,15H,4-8H2,1-3H3. The van der Waals surface area contributed by atoms with Gasteiger partial charge in [0, 0.05) is 18.0 Å². The summed E-state index contributed by atoms with van der Waals surface area (Å²) in [6.07, 6.45) is 5.47. The molecule has 96 valence electrons. The van der Waals surface area contributed by atoms with Gasteiger partial charge in [-0.3, -0.25) is 0 Å². The molecule has 1 saturated carbocycles. The van der Waals surface area contributed by atoms with E-state index in [0.29, 0.717) is 6.04 Å². The van der Waals surface area contributed by atoms with E-state index < -0.39 is 0 Å². The fourth-order valence-electron chi connectivity index (χ4n) is 2.73. The first-order chi connectivity index (χ1) is 8.15. The number of aryl methyl sites for hydroxylation is 1. The van der Waals surface area contributed by atoms with Crippen LogP contribution in [0.3, 0.4) is 0 Å². The van der Waals surface area contributed by atoms with Gasteiger partial charge in [-0.15, -0.1) is 11.3 Å². The molecule has 1 fully saturated rings. The van der Waals surface area contributed by atoms with Crippen LogP contribution in [0.5, 0.6) is 0 Å². The van der Waals surface area contributed by atoms with Gasteiger partial charge < -0.3 is 5.32 Å². The van der Waals surface area contributed by atoms with E-state index in [1.807, 2.05) is 0 Å². The van der Waals surface area contributed by atoms with Crippen molar-refractivity contribution in [1.82, 2.24) is 10.3 Å². The Morgan fingerprint density at radius 3 is 2.59 bits per heavy atom. The van der Waals surface area contributed by atoms with Crippen LogP contribution in [-0.2, 0) is 6.54 Å². The third kappa shape index (κ3) is 3.78. The highest BCUT2D eigenvalue weighted by Gasteiger charge is 2.22. The Morgan fingerprint density at radius 2 is 2.06 bits per heavy atom. The minimum atomic E-state index is 0.715. The number of nitrogens with one attached hydrogen (secondary N) is 1. The van der Waals surface area contributed by atoms with Gasteiger partial charge in [0.1, 0.15) is 0 Å². The number of hydrogen-bond donors (Lipinski definition) is 1. The molecule has 1 N–H and O–H groups in total. The summed E-state index contributed by atoms with van der Waals surface area (Å²) in [5.41, 5.74) is 1.21. The van der Waals surface area contributed by atoms with Crippen LogP contribution >= 0.6 is 11.3 Å². The van der Waals surface area contributed by atoms with Crippen molar-refractivity contribution in [2.75, 3.05) is 0 Å². The molecule has 3 heteroatoms. The smallest absolute Gasteiger partial charge is 0.0897 e. The molecule has 17 heavy (non-hydrogen) atoms. The third-order valence-corrected chi connectivity index (χ3v) is 4.78. The summed E-state index contributed by atoms with van der Waals surface area (Å²) < 4.78 is 0. The second-order valence-electron chi connectivity index (χ2n) is 5.59. The molecule has 0 aliphatic heterocycles. The molecule has 0 spiro atoms. The number of rotatable bonds is 4. The maximum atomic E-state index is 4.49. The van der Waals surface area contributed by atoms with E-state index >= 15 is 0 Å². The first kappa shape index (κ1) is 13.0. The van der Waals surface area contributed by atoms with E-state index in [4.69, 9.17) is 0 Å². The summed E-state index contributed by atoms with van der Waals surface area (Å²) in [5, 5.41) is 7.00. The van der Waals surface area contributed by atoms with Crippen molar-refractivity contribution >= 4 is 11.3 Å². The second-order valence-corrected chi connectivity index (χ2v) is 6.66. The first-order valence-corrected chi connectivity index (χ1v) is 7.67. The van der Waals surface area contributed by atoms with E-state index in [1.165, 1.54) is 36.4 Å². The molecular weight excluding hydrogens is 228 g/mol. The van der Waals surface area contributed by atoms with Gasteiger partial charge in [-0.2, -0.15) is 0 Å². The lowest BCUT2D eigenvalue weighted by Crippen LogP contribution is -2.33. The molecular formula is C14H24N2S.